The summed E-state index contributed by atoms with van der Waals surface area (Å²) in [5.74, 6) is 0.734. The van der Waals surface area contributed by atoms with E-state index in [2.05, 4.69) is 9.88 Å². The number of rotatable bonds is 5. The van der Waals surface area contributed by atoms with E-state index in [4.69, 9.17) is 0 Å². The Labute approximate surface area is 145 Å². The number of non-ortho nitro benzene ring substituents is 1. The van der Waals surface area contributed by atoms with Crippen molar-refractivity contribution in [2.75, 3.05) is 13.1 Å². The molecule has 2 unspecified atom stereocenters. The Kier molecular flexibility index (Phi) is 5.00. The van der Waals surface area contributed by atoms with Crippen LogP contribution in [0.5, 0.6) is 5.75 Å². The number of piperidine rings is 1. The largest absolute Gasteiger partial charge is 0.508 e. The minimum Gasteiger partial charge on any atom is -0.508 e. The molecule has 1 fully saturated rings. The molecule has 1 aliphatic rings. The van der Waals surface area contributed by atoms with Gasteiger partial charge in [0, 0.05) is 56.1 Å². The molecule has 8 nitrogen and oxygen atoms in total. The van der Waals surface area contributed by atoms with Crippen molar-refractivity contribution < 1.29 is 15.1 Å². The predicted octanol–water partition coefficient (Wildman–Crippen LogP) is 1.98. The third-order valence-corrected chi connectivity index (χ3v) is 4.78. The lowest BCUT2D eigenvalue weighted by atomic mass is 9.91. The van der Waals surface area contributed by atoms with Crippen LogP contribution in [-0.4, -0.2) is 42.7 Å². The number of nitro benzene ring substituents is 1. The summed E-state index contributed by atoms with van der Waals surface area (Å²) in [5.41, 5.74) is 0.496. The van der Waals surface area contributed by atoms with Crippen molar-refractivity contribution in [2.45, 2.75) is 25.5 Å². The van der Waals surface area contributed by atoms with Gasteiger partial charge in [-0.1, -0.05) is 0 Å². The number of aryl methyl sites for hydroxylation is 1. The molecule has 1 aromatic carbocycles. The minimum atomic E-state index is -0.651. The van der Waals surface area contributed by atoms with E-state index < -0.39 is 11.0 Å². The summed E-state index contributed by atoms with van der Waals surface area (Å²) in [5, 5.41) is 31.5. The molecule has 2 atom stereocenters. The molecule has 0 amide bonds. The lowest BCUT2D eigenvalue weighted by Gasteiger charge is -2.35. The highest BCUT2D eigenvalue weighted by Gasteiger charge is 2.29. The van der Waals surface area contributed by atoms with E-state index in [0.29, 0.717) is 24.5 Å². The summed E-state index contributed by atoms with van der Waals surface area (Å²) in [7, 11) is 1.85. The summed E-state index contributed by atoms with van der Waals surface area (Å²) in [4.78, 5) is 16.8. The van der Waals surface area contributed by atoms with E-state index in [1.165, 1.54) is 18.2 Å². The van der Waals surface area contributed by atoms with E-state index >= 15 is 0 Å². The molecule has 25 heavy (non-hydrogen) atoms. The number of likely N-dealkylation sites (tertiary alicyclic amines) is 1. The summed E-state index contributed by atoms with van der Waals surface area (Å²) < 4.78 is 1.82. The Bertz CT molecular complexity index is 761. The van der Waals surface area contributed by atoms with Gasteiger partial charge >= 0.3 is 0 Å². The number of nitro groups is 1. The van der Waals surface area contributed by atoms with Crippen LogP contribution >= 0.6 is 0 Å². The molecule has 0 aliphatic carbocycles. The van der Waals surface area contributed by atoms with Crippen LogP contribution in [0.3, 0.4) is 0 Å². The van der Waals surface area contributed by atoms with E-state index in [9.17, 15) is 20.3 Å². The fraction of sp³-hybridized carbons (Fsp3) is 0.471. The fourth-order valence-corrected chi connectivity index (χ4v) is 3.42. The van der Waals surface area contributed by atoms with Gasteiger partial charge in [0.05, 0.1) is 4.92 Å². The lowest BCUT2D eigenvalue weighted by molar-refractivity contribution is -0.385. The standard InChI is InChI=1S/C17H22N4O4/c1-19-8-6-18-17(19)16(23)12-3-2-7-20(10-12)11-13-9-14(21(24)25)4-5-15(13)22/h4-6,8-9,12,16,22-23H,2-3,7,10-11H2,1H3. The Morgan fingerprint density at radius 2 is 2.28 bits per heavy atom. The first kappa shape index (κ1) is 17.4. The quantitative estimate of drug-likeness (QED) is 0.633. The zero-order valence-corrected chi connectivity index (χ0v) is 14.1. The van der Waals surface area contributed by atoms with Gasteiger partial charge in [-0.05, 0) is 25.5 Å². The number of hydrogen-bond donors (Lipinski definition) is 2. The number of phenols is 1. The molecule has 0 bridgehead atoms. The van der Waals surface area contributed by atoms with Crippen LogP contribution in [0.1, 0.15) is 30.3 Å². The number of imidazole rings is 1. The van der Waals surface area contributed by atoms with E-state index in [1.54, 1.807) is 12.4 Å². The second-order valence-electron chi connectivity index (χ2n) is 6.55. The van der Waals surface area contributed by atoms with Crippen LogP contribution in [0.2, 0.25) is 0 Å². The van der Waals surface area contributed by atoms with Crippen LogP contribution < -0.4 is 0 Å². The topological polar surface area (TPSA) is 105 Å². The summed E-state index contributed by atoms with van der Waals surface area (Å²) in [6, 6.07) is 4.06. The first-order chi connectivity index (χ1) is 12.0. The van der Waals surface area contributed by atoms with E-state index in [0.717, 1.165) is 19.4 Å². The number of hydrogen-bond acceptors (Lipinski definition) is 6. The average molecular weight is 346 g/mol. The summed E-state index contributed by atoms with van der Waals surface area (Å²) >= 11 is 0. The number of aromatic nitrogens is 2. The molecule has 0 spiro atoms. The van der Waals surface area contributed by atoms with Crippen molar-refractivity contribution in [1.82, 2.24) is 14.5 Å². The molecular weight excluding hydrogens is 324 g/mol. The van der Waals surface area contributed by atoms with Crippen molar-refractivity contribution in [3.05, 3.63) is 52.1 Å². The van der Waals surface area contributed by atoms with Crippen LogP contribution in [0, 0.1) is 16.0 Å². The number of aliphatic hydroxyl groups is 1. The van der Waals surface area contributed by atoms with Gasteiger partial charge in [0.2, 0.25) is 0 Å². The maximum absolute atomic E-state index is 10.9. The normalized spacial score (nSPS) is 19.7. The van der Waals surface area contributed by atoms with Gasteiger partial charge in [0.25, 0.3) is 5.69 Å². The number of aliphatic hydroxyl groups excluding tert-OH is 1. The molecule has 134 valence electrons. The maximum Gasteiger partial charge on any atom is 0.270 e. The smallest absolute Gasteiger partial charge is 0.270 e. The first-order valence-corrected chi connectivity index (χ1v) is 8.29. The molecule has 0 saturated carbocycles. The predicted molar refractivity (Wildman–Crippen MR) is 90.9 cm³/mol. The van der Waals surface area contributed by atoms with Crippen molar-refractivity contribution in [3.63, 3.8) is 0 Å². The Balaban J connectivity index is 1.71. The van der Waals surface area contributed by atoms with Crippen LogP contribution in [0.4, 0.5) is 5.69 Å². The summed E-state index contributed by atoms with van der Waals surface area (Å²) in [6.07, 6.45) is 4.63. The van der Waals surface area contributed by atoms with E-state index in [1.807, 2.05) is 11.6 Å². The lowest BCUT2D eigenvalue weighted by Crippen LogP contribution is -2.37. The van der Waals surface area contributed by atoms with Crippen LogP contribution in [0.15, 0.2) is 30.6 Å². The van der Waals surface area contributed by atoms with Gasteiger partial charge in [-0.2, -0.15) is 0 Å². The van der Waals surface area contributed by atoms with Crippen molar-refractivity contribution in [2.24, 2.45) is 13.0 Å². The molecule has 1 aromatic heterocycles. The average Bonchev–Trinajstić information content (AvgIpc) is 3.02. The second kappa shape index (κ2) is 7.20. The first-order valence-electron chi connectivity index (χ1n) is 8.29. The molecule has 1 aliphatic heterocycles. The number of benzene rings is 1. The highest BCUT2D eigenvalue weighted by Crippen LogP contribution is 2.31. The fourth-order valence-electron chi connectivity index (χ4n) is 3.42. The molecule has 3 rings (SSSR count). The van der Waals surface area contributed by atoms with Crippen molar-refractivity contribution in [1.29, 1.82) is 0 Å². The number of aromatic hydroxyl groups is 1. The summed E-state index contributed by atoms with van der Waals surface area (Å²) in [6.45, 7) is 1.89. The third kappa shape index (κ3) is 3.80. The van der Waals surface area contributed by atoms with Gasteiger partial charge < -0.3 is 14.8 Å². The molecule has 8 heteroatoms. The number of phenolic OH excluding ortho intramolecular Hbond substituents is 1. The van der Waals surface area contributed by atoms with E-state index in [-0.39, 0.29) is 17.4 Å². The highest BCUT2D eigenvalue weighted by molar-refractivity contribution is 5.42. The van der Waals surface area contributed by atoms with Gasteiger partial charge in [0.15, 0.2) is 0 Å². The minimum absolute atomic E-state index is 0.0330. The molecule has 2 aromatic rings. The molecule has 2 N–H and O–H groups in total. The van der Waals surface area contributed by atoms with Crippen molar-refractivity contribution >= 4 is 5.69 Å². The third-order valence-electron chi connectivity index (χ3n) is 4.78. The van der Waals surface area contributed by atoms with Gasteiger partial charge in [0.1, 0.15) is 17.7 Å². The zero-order valence-electron chi connectivity index (χ0n) is 14.1. The second-order valence-corrected chi connectivity index (χ2v) is 6.55. The van der Waals surface area contributed by atoms with Gasteiger partial charge in [-0.25, -0.2) is 4.98 Å². The monoisotopic (exact) mass is 346 g/mol. The van der Waals surface area contributed by atoms with Gasteiger partial charge in [-0.3, -0.25) is 15.0 Å². The number of nitrogens with zero attached hydrogens (tertiary/aromatic N) is 4. The highest BCUT2D eigenvalue weighted by atomic mass is 16.6. The molecule has 0 radical (unpaired) electrons. The molecule has 1 saturated heterocycles. The molecular formula is C17H22N4O4. The molecule has 2 heterocycles. The van der Waals surface area contributed by atoms with Crippen LogP contribution in [0.25, 0.3) is 0 Å². The van der Waals surface area contributed by atoms with Crippen LogP contribution in [-0.2, 0) is 13.6 Å². The Morgan fingerprint density at radius 1 is 1.48 bits per heavy atom. The Hall–Kier alpha value is -2.45. The van der Waals surface area contributed by atoms with Gasteiger partial charge in [-0.15, -0.1) is 0 Å². The maximum atomic E-state index is 10.9. The SMILES string of the molecule is Cn1ccnc1C(O)C1CCCN(Cc2cc([N+](=O)[O-])ccc2O)C1. The Morgan fingerprint density at radius 3 is 2.96 bits per heavy atom. The zero-order chi connectivity index (χ0) is 18.0. The van der Waals surface area contributed by atoms with Crippen molar-refractivity contribution in [3.8, 4) is 5.75 Å².